The number of carbonyl (C=O) groups is 1. The van der Waals surface area contributed by atoms with Crippen LogP contribution < -0.4 is 0 Å². The van der Waals surface area contributed by atoms with Gasteiger partial charge in [0.2, 0.25) is 15.9 Å². The van der Waals surface area contributed by atoms with Gasteiger partial charge in [0.15, 0.2) is 6.61 Å². The number of piperidine rings is 1. The van der Waals surface area contributed by atoms with E-state index in [1.807, 2.05) is 0 Å². The van der Waals surface area contributed by atoms with Crippen molar-refractivity contribution >= 4 is 21.7 Å². The molecule has 0 spiro atoms. The highest BCUT2D eigenvalue weighted by Crippen LogP contribution is 2.23. The van der Waals surface area contributed by atoms with Gasteiger partial charge in [0, 0.05) is 30.8 Å². The molecule has 2 heterocycles. The minimum atomic E-state index is -3.68. The first-order chi connectivity index (χ1) is 15.8. The van der Waals surface area contributed by atoms with Crippen LogP contribution in [-0.2, 0) is 21.4 Å². The second kappa shape index (κ2) is 9.46. The fraction of sp³-hybridized carbons (Fsp3) is 0.286. The van der Waals surface area contributed by atoms with Crippen molar-refractivity contribution in [3.8, 4) is 11.5 Å². The molecule has 33 heavy (non-hydrogen) atoms. The standard InChI is InChI=1S/C21H20N4O7S/c26-21(16-5-4-6-18(13-16)33(29,30)24-11-2-1-3-12-24)31-14-19-22-23-20(32-19)15-7-9-17(10-8-15)25(27)28/h4-10,13H,1-3,11-12,14H2. The monoisotopic (exact) mass is 472 g/mol. The van der Waals surface area contributed by atoms with Gasteiger partial charge in [-0.25, -0.2) is 13.2 Å². The zero-order valence-corrected chi connectivity index (χ0v) is 18.2. The molecule has 1 aliphatic heterocycles. The van der Waals surface area contributed by atoms with Crippen LogP contribution in [0.25, 0.3) is 11.5 Å². The zero-order valence-electron chi connectivity index (χ0n) is 17.4. The van der Waals surface area contributed by atoms with Crippen molar-refractivity contribution in [3.05, 3.63) is 70.1 Å². The normalized spacial score (nSPS) is 14.7. The highest BCUT2D eigenvalue weighted by molar-refractivity contribution is 7.89. The lowest BCUT2D eigenvalue weighted by Crippen LogP contribution is -2.35. The SMILES string of the molecule is O=C(OCc1nnc(-c2ccc([N+](=O)[O-])cc2)o1)c1cccc(S(=O)(=O)N2CCCCC2)c1. The third-order valence-corrected chi connectivity index (χ3v) is 7.04. The Labute approximate surface area is 189 Å². The molecule has 11 nitrogen and oxygen atoms in total. The molecule has 0 atom stereocenters. The van der Waals surface area contributed by atoms with Crippen LogP contribution in [0.1, 0.15) is 35.5 Å². The van der Waals surface area contributed by atoms with E-state index in [1.165, 1.54) is 52.8 Å². The van der Waals surface area contributed by atoms with Crippen molar-refractivity contribution in [2.45, 2.75) is 30.8 Å². The van der Waals surface area contributed by atoms with Crippen LogP contribution in [0.2, 0.25) is 0 Å². The Bertz CT molecular complexity index is 1270. The number of hydrogen-bond acceptors (Lipinski definition) is 9. The van der Waals surface area contributed by atoms with Crippen LogP contribution in [0.15, 0.2) is 57.8 Å². The summed E-state index contributed by atoms with van der Waals surface area (Å²) in [6.45, 7) is 0.610. The van der Waals surface area contributed by atoms with E-state index in [-0.39, 0.29) is 34.5 Å². The van der Waals surface area contributed by atoms with Crippen molar-refractivity contribution in [2.75, 3.05) is 13.1 Å². The van der Waals surface area contributed by atoms with Crippen molar-refractivity contribution in [1.29, 1.82) is 0 Å². The molecule has 172 valence electrons. The minimum Gasteiger partial charge on any atom is -0.452 e. The van der Waals surface area contributed by atoms with Crippen molar-refractivity contribution in [3.63, 3.8) is 0 Å². The Morgan fingerprint density at radius 1 is 1.09 bits per heavy atom. The number of benzene rings is 2. The predicted molar refractivity (Wildman–Crippen MR) is 115 cm³/mol. The number of carbonyl (C=O) groups excluding carboxylic acids is 1. The molecule has 0 unspecified atom stereocenters. The molecule has 1 aromatic heterocycles. The molecule has 0 bridgehead atoms. The number of sulfonamides is 1. The summed E-state index contributed by atoms with van der Waals surface area (Å²) >= 11 is 0. The van der Waals surface area contributed by atoms with Crippen LogP contribution in [0.3, 0.4) is 0 Å². The molecular formula is C21H20N4O7S. The Balaban J connectivity index is 1.41. The van der Waals surface area contributed by atoms with Gasteiger partial charge in [0.1, 0.15) is 0 Å². The molecule has 1 saturated heterocycles. The predicted octanol–water partition coefficient (Wildman–Crippen LogP) is 3.18. The van der Waals surface area contributed by atoms with Gasteiger partial charge in [-0.05, 0) is 43.2 Å². The number of hydrogen-bond donors (Lipinski definition) is 0. The Morgan fingerprint density at radius 2 is 1.82 bits per heavy atom. The number of nitrogens with zero attached hydrogens (tertiary/aromatic N) is 4. The summed E-state index contributed by atoms with van der Waals surface area (Å²) in [4.78, 5) is 22.7. The average molecular weight is 472 g/mol. The van der Waals surface area contributed by atoms with Crippen LogP contribution in [0.5, 0.6) is 0 Å². The van der Waals surface area contributed by atoms with E-state index in [1.54, 1.807) is 0 Å². The van der Waals surface area contributed by atoms with Gasteiger partial charge < -0.3 is 9.15 Å². The molecule has 0 aliphatic carbocycles. The maximum absolute atomic E-state index is 12.8. The Hall–Kier alpha value is -3.64. The first-order valence-corrected chi connectivity index (χ1v) is 11.6. The quantitative estimate of drug-likeness (QED) is 0.287. The van der Waals surface area contributed by atoms with E-state index in [9.17, 15) is 23.3 Å². The highest BCUT2D eigenvalue weighted by Gasteiger charge is 2.26. The van der Waals surface area contributed by atoms with Crippen molar-refractivity contribution < 1.29 is 27.3 Å². The maximum atomic E-state index is 12.8. The number of esters is 1. The second-order valence-electron chi connectivity index (χ2n) is 7.37. The van der Waals surface area contributed by atoms with Gasteiger partial charge in [-0.15, -0.1) is 10.2 Å². The molecule has 0 N–H and O–H groups in total. The number of ether oxygens (including phenoxy) is 1. The fourth-order valence-corrected chi connectivity index (χ4v) is 4.97. The van der Waals surface area contributed by atoms with E-state index in [0.29, 0.717) is 18.7 Å². The number of aromatic nitrogens is 2. The first-order valence-electron chi connectivity index (χ1n) is 10.2. The van der Waals surface area contributed by atoms with Gasteiger partial charge in [0.05, 0.1) is 15.4 Å². The lowest BCUT2D eigenvalue weighted by Gasteiger charge is -2.25. The second-order valence-corrected chi connectivity index (χ2v) is 9.31. The maximum Gasteiger partial charge on any atom is 0.338 e. The van der Waals surface area contributed by atoms with Gasteiger partial charge in [-0.3, -0.25) is 10.1 Å². The number of nitro groups is 1. The first kappa shape index (κ1) is 22.6. The summed E-state index contributed by atoms with van der Waals surface area (Å²) in [5.41, 5.74) is 0.487. The fourth-order valence-electron chi connectivity index (χ4n) is 3.40. The van der Waals surface area contributed by atoms with Gasteiger partial charge in [-0.1, -0.05) is 12.5 Å². The number of nitro benzene ring substituents is 1. The number of rotatable bonds is 7. The van der Waals surface area contributed by atoms with Crippen LogP contribution in [0.4, 0.5) is 5.69 Å². The summed E-state index contributed by atoms with van der Waals surface area (Å²) in [5.74, 6) is -0.597. The molecule has 0 radical (unpaired) electrons. The smallest absolute Gasteiger partial charge is 0.338 e. The van der Waals surface area contributed by atoms with Crippen molar-refractivity contribution in [2.24, 2.45) is 0 Å². The van der Waals surface area contributed by atoms with E-state index in [2.05, 4.69) is 10.2 Å². The minimum absolute atomic E-state index is 0.0220. The summed E-state index contributed by atoms with van der Waals surface area (Å²) in [7, 11) is -3.68. The highest BCUT2D eigenvalue weighted by atomic mass is 32.2. The number of non-ortho nitro benzene ring substituents is 1. The molecule has 12 heteroatoms. The van der Waals surface area contributed by atoms with Crippen molar-refractivity contribution in [1.82, 2.24) is 14.5 Å². The summed E-state index contributed by atoms with van der Waals surface area (Å²) in [6, 6.07) is 11.3. The largest absolute Gasteiger partial charge is 0.452 e. The zero-order chi connectivity index (χ0) is 23.4. The molecule has 1 fully saturated rings. The molecule has 1 aliphatic rings. The molecule has 2 aromatic carbocycles. The molecule has 4 rings (SSSR count). The van der Waals surface area contributed by atoms with E-state index >= 15 is 0 Å². The van der Waals surface area contributed by atoms with Crippen LogP contribution in [-0.4, -0.2) is 46.9 Å². The molecular weight excluding hydrogens is 452 g/mol. The van der Waals surface area contributed by atoms with Crippen LogP contribution >= 0.6 is 0 Å². The summed E-state index contributed by atoms with van der Waals surface area (Å²) in [6.07, 6.45) is 2.62. The molecule has 0 saturated carbocycles. The Kier molecular flexibility index (Phi) is 6.47. The Morgan fingerprint density at radius 3 is 2.52 bits per heavy atom. The third kappa shape index (κ3) is 5.07. The van der Waals surface area contributed by atoms with Gasteiger partial charge >= 0.3 is 5.97 Å². The van der Waals surface area contributed by atoms with E-state index < -0.39 is 20.9 Å². The summed E-state index contributed by atoms with van der Waals surface area (Å²) in [5, 5.41) is 18.4. The molecule has 0 amide bonds. The lowest BCUT2D eigenvalue weighted by molar-refractivity contribution is -0.384. The van der Waals surface area contributed by atoms with Gasteiger partial charge in [0.25, 0.3) is 11.6 Å². The third-order valence-electron chi connectivity index (χ3n) is 5.14. The lowest BCUT2D eigenvalue weighted by atomic mass is 10.2. The van der Waals surface area contributed by atoms with E-state index in [0.717, 1.165) is 19.3 Å². The van der Waals surface area contributed by atoms with E-state index in [4.69, 9.17) is 9.15 Å². The van der Waals surface area contributed by atoms with Crippen LogP contribution in [0, 0.1) is 10.1 Å². The summed E-state index contributed by atoms with van der Waals surface area (Å²) < 4.78 is 37.7. The molecule has 3 aromatic rings. The van der Waals surface area contributed by atoms with Gasteiger partial charge in [-0.2, -0.15) is 4.31 Å². The topological polar surface area (TPSA) is 146 Å². The average Bonchev–Trinajstić information content (AvgIpc) is 3.32.